The zero-order valence-electron chi connectivity index (χ0n) is 13.1. The van der Waals surface area contributed by atoms with Gasteiger partial charge >= 0.3 is 0 Å². The minimum Gasteiger partial charge on any atom is -0.439 e. The van der Waals surface area contributed by atoms with Crippen molar-refractivity contribution in [3.8, 4) is 11.6 Å². The third-order valence-corrected chi connectivity index (χ3v) is 3.24. The second-order valence-corrected chi connectivity index (χ2v) is 5.36. The largest absolute Gasteiger partial charge is 0.439 e. The minimum atomic E-state index is 0.0649. The Balaban J connectivity index is 2.28. The van der Waals surface area contributed by atoms with Gasteiger partial charge in [-0.05, 0) is 38.0 Å². The number of benzene rings is 1. The van der Waals surface area contributed by atoms with Gasteiger partial charge < -0.3 is 15.2 Å². The van der Waals surface area contributed by atoms with Crippen LogP contribution in [0.5, 0.6) is 11.6 Å². The Bertz CT molecular complexity index is 606. The fourth-order valence-corrected chi connectivity index (χ4v) is 2.34. The fraction of sp³-hybridized carbons (Fsp3) is 0.438. The van der Waals surface area contributed by atoms with Crippen LogP contribution in [-0.4, -0.2) is 22.9 Å². The maximum atomic E-state index is 6.04. The van der Waals surface area contributed by atoms with E-state index in [0.29, 0.717) is 6.61 Å². The van der Waals surface area contributed by atoms with Crippen molar-refractivity contribution in [2.75, 3.05) is 7.11 Å². The molecule has 0 fully saturated rings. The van der Waals surface area contributed by atoms with E-state index in [9.17, 15) is 0 Å². The molecule has 0 bridgehead atoms. The van der Waals surface area contributed by atoms with Gasteiger partial charge in [0.25, 0.3) is 0 Å². The van der Waals surface area contributed by atoms with Crippen LogP contribution in [0.4, 0.5) is 0 Å². The predicted octanol–water partition coefficient (Wildman–Crippen LogP) is 2.56. The van der Waals surface area contributed by atoms with Gasteiger partial charge in [0.05, 0.1) is 12.3 Å². The van der Waals surface area contributed by atoms with Gasteiger partial charge in [-0.2, -0.15) is 5.10 Å². The topological polar surface area (TPSA) is 62.3 Å². The molecule has 0 spiro atoms. The number of aromatic nitrogens is 2. The summed E-state index contributed by atoms with van der Waals surface area (Å²) in [6, 6.07) is 7.93. The van der Waals surface area contributed by atoms with E-state index in [4.69, 9.17) is 15.2 Å². The molecule has 0 amide bonds. The number of rotatable bonds is 6. The maximum absolute atomic E-state index is 6.04. The summed E-state index contributed by atoms with van der Waals surface area (Å²) in [5.41, 5.74) is 9.01. The monoisotopic (exact) mass is 289 g/mol. The predicted molar refractivity (Wildman–Crippen MR) is 82.5 cm³/mol. The number of nitrogens with zero attached hydrogens (tertiary/aromatic N) is 2. The van der Waals surface area contributed by atoms with Crippen molar-refractivity contribution in [1.82, 2.24) is 9.78 Å². The Labute approximate surface area is 125 Å². The van der Waals surface area contributed by atoms with Crippen LogP contribution in [0.3, 0.4) is 0 Å². The second-order valence-electron chi connectivity index (χ2n) is 5.36. The SMILES string of the molecule is COCc1cccc(Oc2c(CC(C)N)c(C)nn2C)c1. The van der Waals surface area contributed by atoms with Gasteiger partial charge in [0.2, 0.25) is 5.88 Å². The van der Waals surface area contributed by atoms with Crippen molar-refractivity contribution in [3.05, 3.63) is 41.1 Å². The molecule has 0 saturated heterocycles. The molecule has 2 N–H and O–H groups in total. The number of ether oxygens (including phenoxy) is 2. The standard InChI is InChI=1S/C16H23N3O2/c1-11(17)8-15-12(2)18-19(3)16(15)21-14-7-5-6-13(9-14)10-20-4/h5-7,9,11H,8,10,17H2,1-4H3. The molecule has 1 aromatic heterocycles. The lowest BCUT2D eigenvalue weighted by Gasteiger charge is -2.11. The zero-order valence-corrected chi connectivity index (χ0v) is 13.1. The van der Waals surface area contributed by atoms with Gasteiger partial charge in [-0.15, -0.1) is 0 Å². The Morgan fingerprint density at radius 1 is 1.38 bits per heavy atom. The van der Waals surface area contributed by atoms with Crippen LogP contribution in [0, 0.1) is 6.92 Å². The van der Waals surface area contributed by atoms with Gasteiger partial charge in [-0.1, -0.05) is 12.1 Å². The van der Waals surface area contributed by atoms with Crippen LogP contribution < -0.4 is 10.5 Å². The minimum absolute atomic E-state index is 0.0649. The molecule has 21 heavy (non-hydrogen) atoms. The summed E-state index contributed by atoms with van der Waals surface area (Å²) in [6.45, 7) is 4.52. The molecule has 0 radical (unpaired) electrons. The van der Waals surface area contributed by atoms with E-state index in [0.717, 1.165) is 34.9 Å². The first kappa shape index (κ1) is 15.5. The lowest BCUT2D eigenvalue weighted by molar-refractivity contribution is 0.184. The van der Waals surface area contributed by atoms with Crippen LogP contribution in [0.2, 0.25) is 0 Å². The third kappa shape index (κ3) is 3.83. The highest BCUT2D eigenvalue weighted by Gasteiger charge is 2.16. The van der Waals surface area contributed by atoms with Crippen molar-refractivity contribution < 1.29 is 9.47 Å². The summed E-state index contributed by atoms with van der Waals surface area (Å²) in [5, 5.41) is 4.43. The van der Waals surface area contributed by atoms with E-state index < -0.39 is 0 Å². The number of hydrogen-bond acceptors (Lipinski definition) is 4. The Kier molecular flexibility index (Phi) is 4.98. The zero-order chi connectivity index (χ0) is 15.4. The molecule has 1 atom stereocenters. The van der Waals surface area contributed by atoms with Crippen LogP contribution in [0.1, 0.15) is 23.7 Å². The van der Waals surface area contributed by atoms with Gasteiger partial charge in [0, 0.05) is 25.8 Å². The number of methoxy groups -OCH3 is 1. The van der Waals surface area contributed by atoms with Crippen molar-refractivity contribution in [2.24, 2.45) is 12.8 Å². The summed E-state index contributed by atoms with van der Waals surface area (Å²) >= 11 is 0. The molecule has 0 saturated carbocycles. The van der Waals surface area contributed by atoms with Crippen LogP contribution in [0.15, 0.2) is 24.3 Å². The highest BCUT2D eigenvalue weighted by Crippen LogP contribution is 2.28. The Hall–Kier alpha value is -1.85. The molecule has 1 unspecified atom stereocenters. The normalized spacial score (nSPS) is 12.4. The maximum Gasteiger partial charge on any atom is 0.221 e. The molecule has 0 aliphatic rings. The van der Waals surface area contributed by atoms with E-state index in [1.165, 1.54) is 0 Å². The molecule has 5 nitrogen and oxygen atoms in total. The van der Waals surface area contributed by atoms with Crippen LogP contribution in [-0.2, 0) is 24.8 Å². The van der Waals surface area contributed by atoms with E-state index >= 15 is 0 Å². The summed E-state index contributed by atoms with van der Waals surface area (Å²) in [4.78, 5) is 0. The summed E-state index contributed by atoms with van der Waals surface area (Å²) in [7, 11) is 3.56. The average molecular weight is 289 g/mol. The van der Waals surface area contributed by atoms with Crippen LogP contribution >= 0.6 is 0 Å². The lowest BCUT2D eigenvalue weighted by Crippen LogP contribution is -2.18. The number of nitrogens with two attached hydrogens (primary N) is 1. The first-order valence-corrected chi connectivity index (χ1v) is 7.05. The molecule has 5 heteroatoms. The first-order chi connectivity index (χ1) is 10.0. The van der Waals surface area contributed by atoms with Crippen molar-refractivity contribution >= 4 is 0 Å². The molecule has 1 heterocycles. The third-order valence-electron chi connectivity index (χ3n) is 3.24. The smallest absolute Gasteiger partial charge is 0.221 e. The van der Waals surface area contributed by atoms with E-state index in [2.05, 4.69) is 5.10 Å². The van der Waals surface area contributed by atoms with E-state index in [-0.39, 0.29) is 6.04 Å². The van der Waals surface area contributed by atoms with Gasteiger partial charge in [-0.3, -0.25) is 0 Å². The summed E-state index contributed by atoms with van der Waals surface area (Å²) in [6.07, 6.45) is 0.743. The van der Waals surface area contributed by atoms with Crippen molar-refractivity contribution in [3.63, 3.8) is 0 Å². The van der Waals surface area contributed by atoms with E-state index in [1.54, 1.807) is 11.8 Å². The molecule has 1 aromatic carbocycles. The molecule has 0 aliphatic heterocycles. The highest BCUT2D eigenvalue weighted by molar-refractivity contribution is 5.37. The van der Waals surface area contributed by atoms with Gasteiger partial charge in [0.1, 0.15) is 5.75 Å². The second kappa shape index (κ2) is 6.74. The first-order valence-electron chi connectivity index (χ1n) is 7.05. The Morgan fingerprint density at radius 2 is 2.14 bits per heavy atom. The van der Waals surface area contributed by atoms with E-state index in [1.807, 2.05) is 45.2 Å². The summed E-state index contributed by atoms with van der Waals surface area (Å²) in [5.74, 6) is 1.53. The molecule has 2 aromatic rings. The van der Waals surface area contributed by atoms with Gasteiger partial charge in [0.15, 0.2) is 0 Å². The Morgan fingerprint density at radius 3 is 2.81 bits per heavy atom. The fourth-order valence-electron chi connectivity index (χ4n) is 2.34. The quantitative estimate of drug-likeness (QED) is 0.887. The van der Waals surface area contributed by atoms with Crippen molar-refractivity contribution in [2.45, 2.75) is 32.9 Å². The lowest BCUT2D eigenvalue weighted by atomic mass is 10.1. The van der Waals surface area contributed by atoms with Crippen LogP contribution in [0.25, 0.3) is 0 Å². The molecule has 0 aliphatic carbocycles. The van der Waals surface area contributed by atoms with Crippen molar-refractivity contribution in [1.29, 1.82) is 0 Å². The molecular weight excluding hydrogens is 266 g/mol. The number of aryl methyl sites for hydroxylation is 2. The summed E-state index contributed by atoms with van der Waals surface area (Å²) < 4.78 is 12.9. The average Bonchev–Trinajstić information content (AvgIpc) is 2.66. The van der Waals surface area contributed by atoms with Gasteiger partial charge in [-0.25, -0.2) is 4.68 Å². The highest BCUT2D eigenvalue weighted by atomic mass is 16.5. The molecular formula is C16H23N3O2. The number of hydrogen-bond donors (Lipinski definition) is 1. The molecule has 114 valence electrons. The molecule has 2 rings (SSSR count).